The summed E-state index contributed by atoms with van der Waals surface area (Å²) in [5.41, 5.74) is 5.43. The van der Waals surface area contributed by atoms with E-state index in [0.717, 1.165) is 29.8 Å². The van der Waals surface area contributed by atoms with Gasteiger partial charge in [-0.05, 0) is 65.1 Å². The van der Waals surface area contributed by atoms with Gasteiger partial charge in [0, 0.05) is 35.9 Å². The van der Waals surface area contributed by atoms with Crippen molar-refractivity contribution in [1.82, 2.24) is 29.4 Å². The second-order valence-corrected chi connectivity index (χ2v) is 9.77. The smallest absolute Gasteiger partial charge is 0.212 e. The number of pyridine rings is 1. The summed E-state index contributed by atoms with van der Waals surface area (Å²) in [5, 5.41) is 9.85. The van der Waals surface area contributed by atoms with Crippen molar-refractivity contribution >= 4 is 0 Å². The van der Waals surface area contributed by atoms with Crippen LogP contribution in [0, 0.1) is 5.92 Å². The van der Waals surface area contributed by atoms with Crippen LogP contribution in [0.15, 0.2) is 30.7 Å². The van der Waals surface area contributed by atoms with Gasteiger partial charge < -0.3 is 14.4 Å². The second-order valence-electron chi connectivity index (χ2n) is 9.77. The number of likely N-dealkylation sites (tertiary alicyclic amines) is 1. The van der Waals surface area contributed by atoms with Crippen LogP contribution in [-0.2, 0) is 17.6 Å². The summed E-state index contributed by atoms with van der Waals surface area (Å²) in [6.07, 6.45) is 10.1. The van der Waals surface area contributed by atoms with Crippen LogP contribution in [0.5, 0.6) is 5.88 Å². The molecule has 2 aliphatic heterocycles. The third-order valence-corrected chi connectivity index (χ3v) is 7.52. The summed E-state index contributed by atoms with van der Waals surface area (Å²) in [4.78, 5) is 6.98. The number of fused-ring (bicyclic) bond motifs is 1. The fraction of sp³-hybridized carbons (Fsp3) is 0.577. The number of hydrogen-bond donors (Lipinski definition) is 0. The molecule has 34 heavy (non-hydrogen) atoms. The summed E-state index contributed by atoms with van der Waals surface area (Å²) < 4.78 is 15.2. The van der Waals surface area contributed by atoms with Gasteiger partial charge in [-0.2, -0.15) is 10.2 Å². The lowest BCUT2D eigenvalue weighted by Crippen LogP contribution is -2.40. The van der Waals surface area contributed by atoms with Crippen LogP contribution in [0.1, 0.15) is 50.9 Å². The van der Waals surface area contributed by atoms with Crippen molar-refractivity contribution in [3.05, 3.63) is 42.0 Å². The number of methoxy groups -OCH3 is 1. The topological polar surface area (TPSA) is 70.2 Å². The van der Waals surface area contributed by atoms with Gasteiger partial charge in [-0.15, -0.1) is 0 Å². The molecule has 182 valence electrons. The molecule has 0 amide bonds. The van der Waals surface area contributed by atoms with E-state index in [1.54, 1.807) is 7.11 Å². The first-order chi connectivity index (χ1) is 16.5. The number of ether oxygens (including phenoxy) is 2. The Morgan fingerprint density at radius 2 is 1.85 bits per heavy atom. The van der Waals surface area contributed by atoms with Crippen LogP contribution in [0.25, 0.3) is 16.9 Å². The van der Waals surface area contributed by atoms with Crippen molar-refractivity contribution in [2.24, 2.45) is 5.92 Å². The zero-order valence-electron chi connectivity index (χ0n) is 20.8. The van der Waals surface area contributed by atoms with Crippen molar-refractivity contribution in [2.45, 2.75) is 58.5 Å². The Morgan fingerprint density at radius 1 is 1.06 bits per heavy atom. The summed E-state index contributed by atoms with van der Waals surface area (Å²) in [7, 11) is 1.63. The Bertz CT molecular complexity index is 1100. The monoisotopic (exact) mass is 464 g/mol. The zero-order valence-corrected chi connectivity index (χ0v) is 20.8. The van der Waals surface area contributed by atoms with Crippen LogP contribution in [0.3, 0.4) is 0 Å². The zero-order chi connectivity index (χ0) is 23.7. The van der Waals surface area contributed by atoms with Crippen LogP contribution < -0.4 is 4.74 Å². The quantitative estimate of drug-likeness (QED) is 0.550. The molecule has 0 spiro atoms. The van der Waals surface area contributed by atoms with Gasteiger partial charge in [0.1, 0.15) is 5.69 Å². The van der Waals surface area contributed by atoms with Crippen molar-refractivity contribution in [1.29, 1.82) is 0 Å². The summed E-state index contributed by atoms with van der Waals surface area (Å²) in [5.74, 6) is 1.25. The highest BCUT2D eigenvalue weighted by Crippen LogP contribution is 2.32. The lowest BCUT2D eigenvalue weighted by Gasteiger charge is -2.37. The lowest BCUT2D eigenvalue weighted by atomic mass is 9.90. The van der Waals surface area contributed by atoms with Crippen LogP contribution >= 0.6 is 0 Å². The molecular formula is C26H36N6O2. The predicted octanol–water partition coefficient (Wildman–Crippen LogP) is 3.94. The standard InChI is InChI=1S/C26H36N6O2/c1-18(2)30-11-7-20(8-12-30)19(3)31-17-22(16-28-31)32-24-10-14-34-13-9-23(24)26(29-32)21-5-6-25(33-4)27-15-21/h5-6,15-20H,7-14H2,1-4H3/t19-/m0/s1. The minimum atomic E-state index is 0.367. The van der Waals surface area contributed by atoms with Gasteiger partial charge in [0.15, 0.2) is 0 Å². The van der Waals surface area contributed by atoms with E-state index in [0.29, 0.717) is 37.1 Å². The molecule has 1 fully saturated rings. The number of nitrogens with zero attached hydrogens (tertiary/aromatic N) is 6. The maximum Gasteiger partial charge on any atom is 0.212 e. The number of aromatic nitrogens is 5. The van der Waals surface area contributed by atoms with Gasteiger partial charge in [0.25, 0.3) is 0 Å². The SMILES string of the molecule is COc1ccc(-c2nn(-c3cnn([C@@H](C)C4CCN(C(C)C)CC4)c3)c3c2CCOCC3)cn1. The van der Waals surface area contributed by atoms with Gasteiger partial charge in [-0.25, -0.2) is 9.67 Å². The highest BCUT2D eigenvalue weighted by atomic mass is 16.5. The Morgan fingerprint density at radius 3 is 2.56 bits per heavy atom. The molecule has 0 unspecified atom stereocenters. The minimum absolute atomic E-state index is 0.367. The normalized spacial score (nSPS) is 18.6. The Hall–Kier alpha value is -2.71. The highest BCUT2D eigenvalue weighted by Gasteiger charge is 2.27. The third-order valence-electron chi connectivity index (χ3n) is 7.52. The molecule has 3 aromatic heterocycles. The van der Waals surface area contributed by atoms with E-state index < -0.39 is 0 Å². The molecule has 1 saturated heterocycles. The highest BCUT2D eigenvalue weighted by molar-refractivity contribution is 5.64. The Labute approximate surface area is 201 Å². The van der Waals surface area contributed by atoms with Crippen molar-refractivity contribution in [3.8, 4) is 22.8 Å². The van der Waals surface area contributed by atoms with Crippen molar-refractivity contribution < 1.29 is 9.47 Å². The molecule has 0 saturated carbocycles. The van der Waals surface area contributed by atoms with Crippen LogP contribution in [0.4, 0.5) is 0 Å². The first-order valence-corrected chi connectivity index (χ1v) is 12.5. The predicted molar refractivity (Wildman–Crippen MR) is 132 cm³/mol. The number of piperidine rings is 1. The van der Waals surface area contributed by atoms with Crippen LogP contribution in [0.2, 0.25) is 0 Å². The average Bonchev–Trinajstić information content (AvgIpc) is 3.41. The molecule has 1 atom stereocenters. The molecule has 2 aliphatic rings. The van der Waals surface area contributed by atoms with Crippen molar-refractivity contribution in [3.63, 3.8) is 0 Å². The van der Waals surface area contributed by atoms with Gasteiger partial charge in [-0.1, -0.05) is 0 Å². The molecule has 5 rings (SSSR count). The van der Waals surface area contributed by atoms with E-state index in [1.165, 1.54) is 37.2 Å². The lowest BCUT2D eigenvalue weighted by molar-refractivity contribution is 0.124. The summed E-state index contributed by atoms with van der Waals surface area (Å²) in [6.45, 7) is 10.6. The number of hydrogen-bond acceptors (Lipinski definition) is 6. The minimum Gasteiger partial charge on any atom is -0.481 e. The van der Waals surface area contributed by atoms with Gasteiger partial charge in [0.2, 0.25) is 5.88 Å². The maximum atomic E-state index is 5.80. The van der Waals surface area contributed by atoms with E-state index in [-0.39, 0.29) is 0 Å². The first-order valence-electron chi connectivity index (χ1n) is 12.5. The average molecular weight is 465 g/mol. The molecule has 0 bridgehead atoms. The van der Waals surface area contributed by atoms with Gasteiger partial charge >= 0.3 is 0 Å². The summed E-state index contributed by atoms with van der Waals surface area (Å²) in [6, 6.07) is 4.91. The fourth-order valence-corrected chi connectivity index (χ4v) is 5.33. The van der Waals surface area contributed by atoms with E-state index in [2.05, 4.69) is 46.2 Å². The van der Waals surface area contributed by atoms with E-state index in [1.807, 2.05) is 24.5 Å². The largest absolute Gasteiger partial charge is 0.481 e. The number of rotatable bonds is 6. The van der Waals surface area contributed by atoms with E-state index in [9.17, 15) is 0 Å². The Kier molecular flexibility index (Phi) is 6.70. The van der Waals surface area contributed by atoms with Crippen LogP contribution in [-0.4, -0.2) is 68.9 Å². The Balaban J connectivity index is 1.42. The third kappa shape index (κ3) is 4.49. The molecule has 0 aromatic carbocycles. The molecule has 5 heterocycles. The van der Waals surface area contributed by atoms with Gasteiger partial charge in [-0.3, -0.25) is 4.68 Å². The molecular weight excluding hydrogens is 428 g/mol. The molecule has 8 nitrogen and oxygen atoms in total. The molecule has 0 aliphatic carbocycles. The maximum absolute atomic E-state index is 5.80. The first kappa shape index (κ1) is 23.1. The molecule has 0 radical (unpaired) electrons. The molecule has 0 N–H and O–H groups in total. The van der Waals surface area contributed by atoms with E-state index >= 15 is 0 Å². The van der Waals surface area contributed by atoms with E-state index in [4.69, 9.17) is 19.7 Å². The summed E-state index contributed by atoms with van der Waals surface area (Å²) >= 11 is 0. The molecule has 3 aromatic rings. The van der Waals surface area contributed by atoms with Gasteiger partial charge in [0.05, 0.1) is 50.1 Å². The van der Waals surface area contributed by atoms with Crippen molar-refractivity contribution in [2.75, 3.05) is 33.4 Å². The molecule has 8 heteroatoms. The fourth-order valence-electron chi connectivity index (χ4n) is 5.33. The second kappa shape index (κ2) is 9.88.